The number of nitrogens with one attached hydrogen (secondary N) is 1. The molecule has 0 aliphatic carbocycles. The van der Waals surface area contributed by atoms with Crippen LogP contribution in [0.15, 0.2) is 61.4 Å². The first-order chi connectivity index (χ1) is 20.3. The first-order valence-electron chi connectivity index (χ1n) is 13.1. The molecule has 1 atom stereocenters. The molecule has 0 aliphatic rings. The number of fused-ring (bicyclic) bond motifs is 1. The third-order valence-electron chi connectivity index (χ3n) is 6.96. The zero-order valence-electron chi connectivity index (χ0n) is 23.2. The van der Waals surface area contributed by atoms with E-state index < -0.39 is 11.7 Å². The lowest BCUT2D eigenvalue weighted by Crippen LogP contribution is -2.42. The fraction of sp³-hybridized carbons (Fsp3) is 0.250. The van der Waals surface area contributed by atoms with Crippen molar-refractivity contribution in [3.63, 3.8) is 0 Å². The van der Waals surface area contributed by atoms with Crippen molar-refractivity contribution >= 4 is 28.8 Å². The Kier molecular flexibility index (Phi) is 8.04. The molecule has 3 heterocycles. The van der Waals surface area contributed by atoms with Crippen LogP contribution in [0.3, 0.4) is 0 Å². The average Bonchev–Trinajstić information content (AvgIpc) is 3.68. The predicted octanol–water partition coefficient (Wildman–Crippen LogP) is 3.12. The van der Waals surface area contributed by atoms with Crippen LogP contribution < -0.4 is 15.8 Å². The van der Waals surface area contributed by atoms with E-state index >= 15 is 0 Å². The topological polar surface area (TPSA) is 159 Å². The van der Waals surface area contributed by atoms with Crippen LogP contribution in [0.4, 0.5) is 15.0 Å². The van der Waals surface area contributed by atoms with Gasteiger partial charge in [0.15, 0.2) is 5.65 Å². The summed E-state index contributed by atoms with van der Waals surface area (Å²) in [6, 6.07) is 10.7. The van der Waals surface area contributed by atoms with Gasteiger partial charge in [-0.25, -0.2) is 28.8 Å². The summed E-state index contributed by atoms with van der Waals surface area (Å²) in [5.41, 5.74) is 9.09. The molecule has 42 heavy (non-hydrogen) atoms. The van der Waals surface area contributed by atoms with Crippen LogP contribution in [-0.4, -0.2) is 71.6 Å². The van der Waals surface area contributed by atoms with Crippen LogP contribution in [0.1, 0.15) is 29.3 Å². The zero-order valence-corrected chi connectivity index (χ0v) is 23.2. The molecular weight excluding hydrogens is 543 g/mol. The number of halogens is 1. The van der Waals surface area contributed by atoms with Crippen LogP contribution >= 0.6 is 0 Å². The monoisotopic (exact) mass is 572 g/mol. The van der Waals surface area contributed by atoms with E-state index in [4.69, 9.17) is 15.6 Å². The second-order valence-electron chi connectivity index (χ2n) is 9.51. The van der Waals surface area contributed by atoms with Gasteiger partial charge < -0.3 is 20.7 Å². The van der Waals surface area contributed by atoms with E-state index in [-0.39, 0.29) is 35.7 Å². The number of hydrogen-bond acceptors (Lipinski definition) is 9. The molecule has 5 rings (SSSR count). The van der Waals surface area contributed by atoms with Crippen molar-refractivity contribution in [2.24, 2.45) is 0 Å². The van der Waals surface area contributed by atoms with Gasteiger partial charge in [-0.05, 0) is 30.2 Å². The second kappa shape index (κ2) is 12.0. The number of nitrogen functional groups attached to an aromatic ring is 1. The molecular formula is C28H29FN10O3. The number of likely N-dealkylation sites (N-methyl/N-ethyl adjacent to an activating group) is 1. The molecule has 0 fully saturated rings. The molecule has 3 aromatic heterocycles. The Bertz CT molecular complexity index is 1720. The Morgan fingerprint density at radius 2 is 1.93 bits per heavy atom. The third-order valence-corrected chi connectivity index (χ3v) is 6.96. The van der Waals surface area contributed by atoms with E-state index in [0.29, 0.717) is 29.7 Å². The summed E-state index contributed by atoms with van der Waals surface area (Å²) < 4.78 is 21.8. The van der Waals surface area contributed by atoms with Gasteiger partial charge in [0.1, 0.15) is 42.1 Å². The summed E-state index contributed by atoms with van der Waals surface area (Å²) in [6.45, 7) is 2.55. The maximum absolute atomic E-state index is 13.7. The van der Waals surface area contributed by atoms with Gasteiger partial charge >= 0.3 is 6.03 Å². The smallest absolute Gasteiger partial charge is 0.346 e. The van der Waals surface area contributed by atoms with Gasteiger partial charge in [0, 0.05) is 19.2 Å². The van der Waals surface area contributed by atoms with Crippen LogP contribution in [0.25, 0.3) is 22.3 Å². The lowest BCUT2D eigenvalue weighted by Gasteiger charge is -2.26. The van der Waals surface area contributed by atoms with Crippen LogP contribution in [-0.2, 0) is 13.1 Å². The van der Waals surface area contributed by atoms with Crippen LogP contribution in [0.5, 0.6) is 5.75 Å². The van der Waals surface area contributed by atoms with Crippen molar-refractivity contribution in [3.8, 4) is 17.0 Å². The number of methoxy groups -OCH3 is 1. The lowest BCUT2D eigenvalue weighted by atomic mass is 10.1. The van der Waals surface area contributed by atoms with Crippen LogP contribution in [0, 0.1) is 5.82 Å². The Balaban J connectivity index is 1.37. The van der Waals surface area contributed by atoms with Gasteiger partial charge in [-0.1, -0.05) is 31.2 Å². The summed E-state index contributed by atoms with van der Waals surface area (Å²) in [4.78, 5) is 39.6. The van der Waals surface area contributed by atoms with E-state index in [2.05, 4.69) is 25.4 Å². The molecule has 2 amide bonds. The van der Waals surface area contributed by atoms with E-state index in [9.17, 15) is 14.0 Å². The number of anilines is 1. The van der Waals surface area contributed by atoms with E-state index in [1.807, 2.05) is 31.2 Å². The van der Waals surface area contributed by atoms with Gasteiger partial charge in [0.05, 0.1) is 30.6 Å². The molecule has 14 heteroatoms. The number of aromatic nitrogens is 7. The fourth-order valence-electron chi connectivity index (χ4n) is 4.63. The van der Waals surface area contributed by atoms with Crippen molar-refractivity contribution in [1.82, 2.24) is 44.7 Å². The quantitative estimate of drug-likeness (QED) is 0.271. The Labute approximate surface area is 240 Å². The standard InChI is InChI=1S/C28H29FN10O3/c1-4-20(37(2)28(41)39-16-31-14-35-39)13-38-26-23(25(30)33-15-34-26)24(36-38)18-7-5-17(6-8-18)12-32-27(40)21-11-19(29)9-10-22(21)42-3/h5-11,14-16,20H,4,12-13H2,1-3H3,(H,32,40)(H2,30,33,34)/t20-/m0/s1. The average molecular weight is 573 g/mol. The minimum absolute atomic E-state index is 0.112. The van der Waals surface area contributed by atoms with Gasteiger partial charge in [-0.2, -0.15) is 14.9 Å². The van der Waals surface area contributed by atoms with Crippen molar-refractivity contribution < 1.29 is 18.7 Å². The van der Waals surface area contributed by atoms with Gasteiger partial charge in [-0.15, -0.1) is 0 Å². The Morgan fingerprint density at radius 3 is 2.62 bits per heavy atom. The highest BCUT2D eigenvalue weighted by atomic mass is 19.1. The molecule has 5 aromatic rings. The van der Waals surface area contributed by atoms with Crippen molar-refractivity contribution in [2.45, 2.75) is 32.5 Å². The maximum Gasteiger partial charge on any atom is 0.346 e. The Morgan fingerprint density at radius 1 is 1.14 bits per heavy atom. The van der Waals surface area contributed by atoms with Gasteiger partial charge in [-0.3, -0.25) is 4.79 Å². The molecule has 0 radical (unpaired) electrons. The zero-order chi connectivity index (χ0) is 29.8. The fourth-order valence-corrected chi connectivity index (χ4v) is 4.63. The van der Waals surface area contributed by atoms with Gasteiger partial charge in [0.2, 0.25) is 0 Å². The van der Waals surface area contributed by atoms with E-state index in [1.54, 1.807) is 16.6 Å². The highest BCUT2D eigenvalue weighted by molar-refractivity contribution is 5.98. The molecule has 0 spiro atoms. The maximum atomic E-state index is 13.7. The molecule has 0 aliphatic heterocycles. The highest BCUT2D eigenvalue weighted by Crippen LogP contribution is 2.31. The minimum atomic E-state index is -0.529. The van der Waals surface area contributed by atoms with E-state index in [0.717, 1.165) is 17.2 Å². The summed E-state index contributed by atoms with van der Waals surface area (Å²) in [5.74, 6) is -0.422. The molecule has 0 saturated heterocycles. The minimum Gasteiger partial charge on any atom is -0.496 e. The number of carbonyl (C=O) groups excluding carboxylic acids is 2. The molecule has 2 aromatic carbocycles. The Hall–Kier alpha value is -5.40. The summed E-state index contributed by atoms with van der Waals surface area (Å²) in [7, 11) is 3.13. The number of nitrogens with two attached hydrogens (primary N) is 1. The van der Waals surface area contributed by atoms with Crippen molar-refractivity contribution in [3.05, 3.63) is 78.4 Å². The predicted molar refractivity (Wildman–Crippen MR) is 152 cm³/mol. The SMILES string of the molecule is CC[C@@H](Cn1nc(-c2ccc(CNC(=O)c3cc(F)ccc3OC)cc2)c2c(N)ncnc21)N(C)C(=O)n1cncn1. The van der Waals surface area contributed by atoms with Crippen LogP contribution in [0.2, 0.25) is 0 Å². The first kappa shape index (κ1) is 28.1. The molecule has 0 unspecified atom stereocenters. The normalized spacial score (nSPS) is 11.8. The third kappa shape index (κ3) is 5.59. The molecule has 3 N–H and O–H groups in total. The van der Waals surface area contributed by atoms with E-state index in [1.165, 1.54) is 42.9 Å². The largest absolute Gasteiger partial charge is 0.496 e. The molecule has 0 bridgehead atoms. The molecule has 13 nitrogen and oxygen atoms in total. The number of benzene rings is 2. The number of amides is 2. The summed E-state index contributed by atoms with van der Waals surface area (Å²) in [6.07, 6.45) is 4.69. The molecule has 0 saturated carbocycles. The summed E-state index contributed by atoms with van der Waals surface area (Å²) in [5, 5.41) is 12.1. The number of carbonyl (C=O) groups is 2. The number of rotatable bonds is 9. The number of nitrogens with zero attached hydrogens (tertiary/aromatic N) is 8. The first-order valence-corrected chi connectivity index (χ1v) is 13.1. The highest BCUT2D eigenvalue weighted by Gasteiger charge is 2.24. The van der Waals surface area contributed by atoms with Crippen molar-refractivity contribution in [1.29, 1.82) is 0 Å². The molecule has 216 valence electrons. The van der Waals surface area contributed by atoms with Gasteiger partial charge in [0.25, 0.3) is 5.91 Å². The van der Waals surface area contributed by atoms with Crippen molar-refractivity contribution in [2.75, 3.05) is 19.9 Å². The number of ether oxygens (including phenoxy) is 1. The summed E-state index contributed by atoms with van der Waals surface area (Å²) >= 11 is 0. The lowest BCUT2D eigenvalue weighted by molar-refractivity contribution is 0.0947. The number of hydrogen-bond donors (Lipinski definition) is 2. The second-order valence-corrected chi connectivity index (χ2v) is 9.51.